The zero-order valence-electron chi connectivity index (χ0n) is 7.53. The minimum Gasteiger partial charge on any atom is -0.300 e. The van der Waals surface area contributed by atoms with Crippen molar-refractivity contribution in [2.24, 2.45) is 0 Å². The van der Waals surface area contributed by atoms with Gasteiger partial charge in [-0.2, -0.15) is 0 Å². The van der Waals surface area contributed by atoms with Gasteiger partial charge in [-0.05, 0) is 19.1 Å². The molecule has 13 heavy (non-hydrogen) atoms. The first-order chi connectivity index (χ1) is 6.20. The Kier molecular flexibility index (Phi) is 3.83. The van der Waals surface area contributed by atoms with E-state index < -0.39 is 10.8 Å². The van der Waals surface area contributed by atoms with E-state index in [1.54, 1.807) is 0 Å². The number of Topliss-reactive ketones (excluding diaryl/α,β-unsaturated/α-hetero) is 1. The fourth-order valence-electron chi connectivity index (χ4n) is 0.927. The van der Waals surface area contributed by atoms with Crippen LogP contribution in [-0.2, 0) is 15.6 Å². The Morgan fingerprint density at radius 1 is 1.31 bits per heavy atom. The van der Waals surface area contributed by atoms with Crippen molar-refractivity contribution >= 4 is 16.6 Å². The minimum atomic E-state index is -1.02. The molecule has 1 atom stereocenters. The summed E-state index contributed by atoms with van der Waals surface area (Å²) >= 11 is 0. The molecule has 0 unspecified atom stereocenters. The number of ketones is 1. The van der Waals surface area contributed by atoms with Crippen LogP contribution >= 0.6 is 0 Å². The van der Waals surface area contributed by atoms with E-state index in [1.165, 1.54) is 6.92 Å². The van der Waals surface area contributed by atoms with Gasteiger partial charge >= 0.3 is 0 Å². The summed E-state index contributed by atoms with van der Waals surface area (Å²) in [5.41, 5.74) is 0. The van der Waals surface area contributed by atoms with Crippen molar-refractivity contribution < 1.29 is 9.00 Å². The topological polar surface area (TPSA) is 34.1 Å². The van der Waals surface area contributed by atoms with Gasteiger partial charge in [0.15, 0.2) is 0 Å². The summed E-state index contributed by atoms with van der Waals surface area (Å²) < 4.78 is 11.5. The van der Waals surface area contributed by atoms with E-state index in [0.29, 0.717) is 12.2 Å². The Hall–Kier alpha value is -0.960. The summed E-state index contributed by atoms with van der Waals surface area (Å²) in [5, 5.41) is 0. The number of carbonyl (C=O) groups is 1. The van der Waals surface area contributed by atoms with Crippen LogP contribution in [0.4, 0.5) is 0 Å². The van der Waals surface area contributed by atoms with Crippen LogP contribution in [0.3, 0.4) is 0 Å². The lowest BCUT2D eigenvalue weighted by Gasteiger charge is -1.99. The third-order valence-corrected chi connectivity index (χ3v) is 3.02. The van der Waals surface area contributed by atoms with Crippen LogP contribution in [-0.4, -0.2) is 15.7 Å². The molecule has 0 aliphatic rings. The lowest BCUT2D eigenvalue weighted by molar-refractivity contribution is -0.116. The van der Waals surface area contributed by atoms with Crippen molar-refractivity contribution in [1.82, 2.24) is 0 Å². The molecule has 0 heterocycles. The summed E-state index contributed by atoms with van der Waals surface area (Å²) in [6, 6.07) is 9.21. The van der Waals surface area contributed by atoms with E-state index in [2.05, 4.69) is 0 Å². The molecule has 0 aliphatic heterocycles. The van der Waals surface area contributed by atoms with E-state index in [-0.39, 0.29) is 5.78 Å². The van der Waals surface area contributed by atoms with Crippen molar-refractivity contribution in [3.8, 4) is 0 Å². The predicted octanol–water partition coefficient (Wildman–Crippen LogP) is 1.77. The van der Waals surface area contributed by atoms with Gasteiger partial charge < -0.3 is 0 Å². The molecule has 0 radical (unpaired) electrons. The number of carbonyl (C=O) groups excluding carboxylic acids is 1. The molecule has 1 aromatic rings. The first kappa shape index (κ1) is 10.1. The maximum Gasteiger partial charge on any atom is 0.130 e. The Morgan fingerprint density at radius 2 is 1.92 bits per heavy atom. The highest BCUT2D eigenvalue weighted by Crippen LogP contribution is 2.06. The summed E-state index contributed by atoms with van der Waals surface area (Å²) in [6.45, 7) is 1.52. The van der Waals surface area contributed by atoms with Gasteiger partial charge in [-0.25, -0.2) is 0 Å². The molecule has 0 bridgehead atoms. The second-order valence-corrected chi connectivity index (χ2v) is 4.39. The molecule has 0 fully saturated rings. The molecular formula is C10H12O2S. The van der Waals surface area contributed by atoms with Gasteiger partial charge in [0.25, 0.3) is 0 Å². The Bertz CT molecular complexity index is 306. The highest BCUT2D eigenvalue weighted by Gasteiger charge is 2.03. The van der Waals surface area contributed by atoms with Crippen molar-refractivity contribution in [2.75, 3.05) is 5.75 Å². The van der Waals surface area contributed by atoms with E-state index >= 15 is 0 Å². The van der Waals surface area contributed by atoms with Gasteiger partial charge in [0.1, 0.15) is 5.78 Å². The molecule has 0 N–H and O–H groups in total. The third kappa shape index (κ3) is 3.51. The molecule has 0 spiro atoms. The first-order valence-corrected chi connectivity index (χ1v) is 5.45. The lowest BCUT2D eigenvalue weighted by atomic mass is 10.4. The maximum absolute atomic E-state index is 11.5. The van der Waals surface area contributed by atoms with E-state index in [4.69, 9.17) is 0 Å². The van der Waals surface area contributed by atoms with Crippen molar-refractivity contribution in [3.05, 3.63) is 30.3 Å². The fourth-order valence-corrected chi connectivity index (χ4v) is 2.10. The molecule has 0 amide bonds. The summed E-state index contributed by atoms with van der Waals surface area (Å²) in [4.78, 5) is 11.4. The van der Waals surface area contributed by atoms with E-state index in [0.717, 1.165) is 4.90 Å². The van der Waals surface area contributed by atoms with Gasteiger partial charge in [-0.1, -0.05) is 18.2 Å². The standard InChI is InChI=1S/C10H12O2S/c1-9(11)7-8-13(12)10-5-3-2-4-6-10/h2-6H,7-8H2,1H3/t13-/m1/s1. The fraction of sp³-hybridized carbons (Fsp3) is 0.300. The summed E-state index contributed by atoms with van der Waals surface area (Å²) in [7, 11) is -1.02. The predicted molar refractivity (Wildman–Crippen MR) is 53.0 cm³/mol. The largest absolute Gasteiger partial charge is 0.300 e. The first-order valence-electron chi connectivity index (χ1n) is 4.13. The monoisotopic (exact) mass is 196 g/mol. The number of hydrogen-bond acceptors (Lipinski definition) is 2. The van der Waals surface area contributed by atoms with Crippen LogP contribution in [0.15, 0.2) is 35.2 Å². The zero-order valence-corrected chi connectivity index (χ0v) is 8.34. The smallest absolute Gasteiger partial charge is 0.130 e. The van der Waals surface area contributed by atoms with Gasteiger partial charge in [-0.3, -0.25) is 9.00 Å². The van der Waals surface area contributed by atoms with Gasteiger partial charge in [-0.15, -0.1) is 0 Å². The third-order valence-electron chi connectivity index (χ3n) is 1.65. The van der Waals surface area contributed by atoms with Crippen LogP contribution in [0.5, 0.6) is 0 Å². The van der Waals surface area contributed by atoms with Crippen LogP contribution in [0.2, 0.25) is 0 Å². The van der Waals surface area contributed by atoms with Crippen LogP contribution in [0, 0.1) is 0 Å². The SMILES string of the molecule is CC(=O)CC[S@@](=O)c1ccccc1. The molecule has 70 valence electrons. The van der Waals surface area contributed by atoms with Crippen molar-refractivity contribution in [1.29, 1.82) is 0 Å². The normalized spacial score (nSPS) is 12.4. The van der Waals surface area contributed by atoms with Gasteiger partial charge in [0, 0.05) is 17.1 Å². The molecule has 1 rings (SSSR count). The average molecular weight is 196 g/mol. The number of hydrogen-bond donors (Lipinski definition) is 0. The highest BCUT2D eigenvalue weighted by molar-refractivity contribution is 7.85. The van der Waals surface area contributed by atoms with E-state index in [1.807, 2.05) is 30.3 Å². The average Bonchev–Trinajstić information content (AvgIpc) is 2.15. The molecule has 2 nitrogen and oxygen atoms in total. The quantitative estimate of drug-likeness (QED) is 0.735. The molecular weight excluding hydrogens is 184 g/mol. The minimum absolute atomic E-state index is 0.0873. The van der Waals surface area contributed by atoms with Gasteiger partial charge in [0.2, 0.25) is 0 Å². The zero-order chi connectivity index (χ0) is 9.68. The second kappa shape index (κ2) is 4.92. The molecule has 1 aromatic carbocycles. The molecule has 0 aromatic heterocycles. The molecule has 0 aliphatic carbocycles. The Balaban J connectivity index is 2.54. The van der Waals surface area contributed by atoms with Crippen LogP contribution in [0.1, 0.15) is 13.3 Å². The molecule has 3 heteroatoms. The van der Waals surface area contributed by atoms with E-state index in [9.17, 15) is 9.00 Å². The van der Waals surface area contributed by atoms with Crippen LogP contribution < -0.4 is 0 Å². The van der Waals surface area contributed by atoms with Crippen LogP contribution in [0.25, 0.3) is 0 Å². The Morgan fingerprint density at radius 3 is 2.46 bits per heavy atom. The maximum atomic E-state index is 11.5. The van der Waals surface area contributed by atoms with Crippen molar-refractivity contribution in [3.63, 3.8) is 0 Å². The van der Waals surface area contributed by atoms with Crippen molar-refractivity contribution in [2.45, 2.75) is 18.2 Å². The second-order valence-electron chi connectivity index (χ2n) is 2.81. The lowest BCUT2D eigenvalue weighted by Crippen LogP contribution is -2.02. The molecule has 0 saturated heterocycles. The summed E-state index contributed by atoms with van der Waals surface area (Å²) in [5.74, 6) is 0.517. The van der Waals surface area contributed by atoms with Gasteiger partial charge in [0.05, 0.1) is 10.8 Å². The summed E-state index contributed by atoms with van der Waals surface area (Å²) in [6.07, 6.45) is 0.390. The number of benzene rings is 1. The highest BCUT2D eigenvalue weighted by atomic mass is 32.2. The Labute approximate surface area is 80.4 Å². The number of rotatable bonds is 4. The molecule has 0 saturated carbocycles.